The average Bonchev–Trinajstić information content (AvgIpc) is 3.66. The summed E-state index contributed by atoms with van der Waals surface area (Å²) in [4.78, 5) is 4.83. The van der Waals surface area contributed by atoms with Crippen molar-refractivity contribution in [2.24, 2.45) is 0 Å². The van der Waals surface area contributed by atoms with Crippen molar-refractivity contribution in [2.45, 2.75) is 0 Å². The summed E-state index contributed by atoms with van der Waals surface area (Å²) in [5, 5.41) is 18.1. The Balaban J connectivity index is 1.01. The van der Waals surface area contributed by atoms with Gasteiger partial charge in [-0.15, -0.1) is 0 Å². The molecular weight excluding hydrogens is 641 g/mol. The average molecular weight is 671 g/mol. The first-order valence-electron chi connectivity index (χ1n) is 18.3. The molecule has 0 aliphatic rings. The van der Waals surface area contributed by atoms with Gasteiger partial charge in [-0.05, 0) is 134 Å². The minimum Gasteiger partial charge on any atom is -0.306 e. The Morgan fingerprint density at radius 2 is 0.811 bits per heavy atom. The van der Waals surface area contributed by atoms with Crippen LogP contribution in [0.5, 0.6) is 0 Å². The molecule has 0 N–H and O–H groups in total. The molecule has 2 heteroatoms. The van der Waals surface area contributed by atoms with Crippen molar-refractivity contribution in [1.82, 2.24) is 9.38 Å². The van der Waals surface area contributed by atoms with Crippen molar-refractivity contribution >= 4 is 81.1 Å². The maximum atomic E-state index is 4.83. The molecule has 2 heterocycles. The fourth-order valence-corrected chi connectivity index (χ4v) is 8.96. The third-order valence-electron chi connectivity index (χ3n) is 11.5. The summed E-state index contributed by atoms with van der Waals surface area (Å²) >= 11 is 0. The van der Waals surface area contributed by atoms with Crippen molar-refractivity contribution in [3.63, 3.8) is 0 Å². The second-order valence-corrected chi connectivity index (χ2v) is 14.4. The van der Waals surface area contributed by atoms with Crippen LogP contribution in [0.15, 0.2) is 182 Å². The van der Waals surface area contributed by atoms with Gasteiger partial charge in [0.25, 0.3) is 0 Å². The third kappa shape index (κ3) is 4.24. The summed E-state index contributed by atoms with van der Waals surface area (Å²) < 4.78 is 2.07. The number of benzene rings is 9. The van der Waals surface area contributed by atoms with Crippen LogP contribution in [0, 0.1) is 0 Å². The minimum absolute atomic E-state index is 0.957. The molecule has 12 aromatic rings. The van der Waals surface area contributed by atoms with E-state index in [9.17, 15) is 0 Å². The molecule has 2 aromatic heterocycles. The van der Waals surface area contributed by atoms with Crippen molar-refractivity contribution in [3.05, 3.63) is 182 Å². The Morgan fingerprint density at radius 3 is 1.45 bits per heavy atom. The quantitative estimate of drug-likeness (QED) is 0.171. The van der Waals surface area contributed by atoms with Gasteiger partial charge in [0.05, 0.1) is 5.69 Å². The first kappa shape index (κ1) is 28.6. The molecule has 244 valence electrons. The molecule has 0 aliphatic heterocycles. The molecule has 0 radical (unpaired) electrons. The summed E-state index contributed by atoms with van der Waals surface area (Å²) in [7, 11) is 0. The van der Waals surface area contributed by atoms with Gasteiger partial charge in [-0.1, -0.05) is 133 Å². The summed E-state index contributed by atoms with van der Waals surface area (Å²) in [5.74, 6) is 0. The normalized spacial score (nSPS) is 12.2. The Bertz CT molecular complexity index is 3400. The predicted octanol–water partition coefficient (Wildman–Crippen LogP) is 13.8. The van der Waals surface area contributed by atoms with Gasteiger partial charge in [-0.25, -0.2) is 4.98 Å². The number of fused-ring (bicyclic) bond motifs is 4. The van der Waals surface area contributed by atoms with Gasteiger partial charge in [-0.3, -0.25) is 0 Å². The molecule has 0 amide bonds. The first-order valence-corrected chi connectivity index (χ1v) is 18.3. The zero-order valence-electron chi connectivity index (χ0n) is 28.7. The molecule has 10 aromatic carbocycles. The number of nitrogens with zero attached hydrogens (tertiary/aromatic N) is 2. The molecule has 2 nitrogen and oxygen atoms in total. The highest BCUT2D eigenvalue weighted by molar-refractivity contribution is 6.37. The lowest BCUT2D eigenvalue weighted by Crippen LogP contribution is -1.89. The van der Waals surface area contributed by atoms with E-state index in [1.54, 1.807) is 0 Å². The van der Waals surface area contributed by atoms with Gasteiger partial charge >= 0.3 is 0 Å². The highest BCUT2D eigenvalue weighted by Crippen LogP contribution is 2.44. The predicted molar refractivity (Wildman–Crippen MR) is 225 cm³/mol. The molecule has 12 rings (SSSR count). The number of hydrogen-bond acceptors (Lipinski definition) is 1. The first-order chi connectivity index (χ1) is 26.2. The van der Waals surface area contributed by atoms with Crippen LogP contribution in [0.25, 0.3) is 115 Å². The van der Waals surface area contributed by atoms with Crippen LogP contribution < -0.4 is 0 Å². The third-order valence-corrected chi connectivity index (χ3v) is 11.5. The van der Waals surface area contributed by atoms with Crippen LogP contribution in [-0.2, 0) is 0 Å². The van der Waals surface area contributed by atoms with E-state index in [2.05, 4.69) is 162 Å². The van der Waals surface area contributed by atoms with Crippen molar-refractivity contribution in [3.8, 4) is 33.5 Å². The number of hydrogen-bond donors (Lipinski definition) is 0. The van der Waals surface area contributed by atoms with Gasteiger partial charge in [-0.2, -0.15) is 0 Å². The fraction of sp³-hybridized carbons (Fsp3) is 0. The van der Waals surface area contributed by atoms with Crippen molar-refractivity contribution in [1.29, 1.82) is 0 Å². The maximum Gasteiger partial charge on any atom is 0.137 e. The zero-order valence-corrected chi connectivity index (χ0v) is 28.7. The van der Waals surface area contributed by atoms with Gasteiger partial charge in [0.15, 0.2) is 0 Å². The lowest BCUT2D eigenvalue weighted by Gasteiger charge is -2.17. The van der Waals surface area contributed by atoms with Crippen LogP contribution >= 0.6 is 0 Å². The van der Waals surface area contributed by atoms with E-state index in [0.717, 1.165) is 16.9 Å². The van der Waals surface area contributed by atoms with E-state index >= 15 is 0 Å². The lowest BCUT2D eigenvalue weighted by molar-refractivity contribution is 1.19. The van der Waals surface area contributed by atoms with E-state index in [1.165, 1.54) is 97.7 Å². The molecule has 0 unspecified atom stereocenters. The number of imidazole rings is 1. The van der Waals surface area contributed by atoms with Gasteiger partial charge < -0.3 is 4.40 Å². The highest BCUT2D eigenvalue weighted by atomic mass is 15.0. The second kappa shape index (κ2) is 10.7. The number of rotatable bonds is 3. The summed E-state index contributed by atoms with van der Waals surface area (Å²) in [6, 6.07) is 63.0. The smallest absolute Gasteiger partial charge is 0.137 e. The summed E-state index contributed by atoms with van der Waals surface area (Å²) in [6.07, 6.45) is 4.14. The number of aromatic nitrogens is 2. The summed E-state index contributed by atoms with van der Waals surface area (Å²) in [5.41, 5.74) is 7.93. The molecular formula is C51H30N2. The van der Waals surface area contributed by atoms with E-state index in [-0.39, 0.29) is 0 Å². The Morgan fingerprint density at radius 1 is 0.321 bits per heavy atom. The van der Waals surface area contributed by atoms with E-state index in [4.69, 9.17) is 4.98 Å². The molecule has 0 aliphatic carbocycles. The largest absolute Gasteiger partial charge is 0.306 e. The van der Waals surface area contributed by atoms with Gasteiger partial charge in [0, 0.05) is 18.0 Å². The Labute approximate surface area is 305 Å². The molecule has 0 saturated carbocycles. The standard InChI is InChI=1S/C51H30N2/c1-2-25-53-30-46(52-47(53)12-1)39-23-22-37-26-36(20-21-38(37)27-39)31-13-15-32(16-14-31)41-28-40-24-19-35-7-4-10-43-42-9-3-6-33-17-18-34-8-5-11-44(50(34)48(33)42)45(29-41)51(40)49(35)43/h1-30H. The van der Waals surface area contributed by atoms with Gasteiger partial charge in [0.1, 0.15) is 5.65 Å². The second-order valence-electron chi connectivity index (χ2n) is 14.4. The molecule has 0 spiro atoms. The fourth-order valence-electron chi connectivity index (χ4n) is 8.96. The minimum atomic E-state index is 0.957. The van der Waals surface area contributed by atoms with E-state index < -0.39 is 0 Å². The zero-order chi connectivity index (χ0) is 34.6. The summed E-state index contributed by atoms with van der Waals surface area (Å²) in [6.45, 7) is 0. The molecule has 0 fully saturated rings. The van der Waals surface area contributed by atoms with Gasteiger partial charge in [0.2, 0.25) is 0 Å². The van der Waals surface area contributed by atoms with E-state index in [1.807, 2.05) is 24.4 Å². The van der Waals surface area contributed by atoms with Crippen LogP contribution in [0.3, 0.4) is 0 Å². The molecule has 0 bridgehead atoms. The van der Waals surface area contributed by atoms with E-state index in [0.29, 0.717) is 0 Å². The lowest BCUT2D eigenvalue weighted by atomic mass is 9.86. The van der Waals surface area contributed by atoms with Crippen LogP contribution in [-0.4, -0.2) is 9.38 Å². The molecule has 53 heavy (non-hydrogen) atoms. The maximum absolute atomic E-state index is 4.83. The van der Waals surface area contributed by atoms with Crippen LogP contribution in [0.4, 0.5) is 0 Å². The molecule has 0 saturated heterocycles. The number of pyridine rings is 1. The van der Waals surface area contributed by atoms with Crippen LogP contribution in [0.1, 0.15) is 0 Å². The van der Waals surface area contributed by atoms with Crippen molar-refractivity contribution < 1.29 is 0 Å². The monoisotopic (exact) mass is 670 g/mol. The Hall–Kier alpha value is -7.03. The molecule has 0 atom stereocenters. The topological polar surface area (TPSA) is 17.3 Å². The SMILES string of the molecule is c1cc2ccc3cccc4c5cc(-c6ccc(-c7ccc8cc(-c9cn%10ccccc%10n9)ccc8c7)cc6)cc6ccc7cccc(c(c1)c2c34)c7c65. The highest BCUT2D eigenvalue weighted by Gasteiger charge is 2.16. The van der Waals surface area contributed by atoms with Crippen molar-refractivity contribution in [2.75, 3.05) is 0 Å². The Kier molecular flexibility index (Phi) is 5.80. The van der Waals surface area contributed by atoms with Crippen LogP contribution in [0.2, 0.25) is 0 Å².